The van der Waals surface area contributed by atoms with Crippen LogP contribution in [0.15, 0.2) is 75.8 Å². The second-order valence-corrected chi connectivity index (χ2v) is 18.6. The van der Waals surface area contributed by atoms with Gasteiger partial charge >= 0.3 is 5.97 Å². The van der Waals surface area contributed by atoms with Gasteiger partial charge in [-0.2, -0.15) is 0 Å². The van der Waals surface area contributed by atoms with Gasteiger partial charge in [-0.25, -0.2) is 9.79 Å². The summed E-state index contributed by atoms with van der Waals surface area (Å²) in [5.74, 6) is -3.27. The fraction of sp³-hybridized carbons (Fsp3) is 0.591. The summed E-state index contributed by atoms with van der Waals surface area (Å²) in [5, 5.41) is 47.7. The van der Waals surface area contributed by atoms with Gasteiger partial charge in [0, 0.05) is 57.5 Å². The van der Waals surface area contributed by atoms with Gasteiger partial charge in [-0.15, -0.1) is 0 Å². The number of carbonyl (C=O) groups excluding carboxylic acids is 2. The van der Waals surface area contributed by atoms with Crippen LogP contribution in [0.25, 0.3) is 6.08 Å². The Morgan fingerprint density at radius 1 is 0.944 bits per heavy atom. The molecule has 10 heteroatoms. The first-order valence-electron chi connectivity index (χ1n) is 19.5. The van der Waals surface area contributed by atoms with Crippen molar-refractivity contribution >= 4 is 29.6 Å². The molecule has 6 aliphatic rings. The Morgan fingerprint density at radius 2 is 1.61 bits per heavy atom. The number of nitrogens with zero attached hydrogens (tertiary/aromatic N) is 1. The van der Waals surface area contributed by atoms with Gasteiger partial charge in [0.2, 0.25) is 0 Å². The van der Waals surface area contributed by atoms with Gasteiger partial charge in [-0.3, -0.25) is 9.59 Å². The number of aliphatic hydroxyl groups excluding tert-OH is 3. The third kappa shape index (κ3) is 4.81. The Morgan fingerprint density at radius 3 is 2.24 bits per heavy atom. The summed E-state index contributed by atoms with van der Waals surface area (Å²) < 4.78 is 0. The molecule has 1 aromatic rings. The van der Waals surface area contributed by atoms with E-state index in [2.05, 4.69) is 13.0 Å². The van der Waals surface area contributed by atoms with Crippen molar-refractivity contribution in [3.63, 3.8) is 0 Å². The van der Waals surface area contributed by atoms with Crippen LogP contribution in [0.2, 0.25) is 0 Å². The second-order valence-electron chi connectivity index (χ2n) is 18.6. The van der Waals surface area contributed by atoms with Crippen molar-refractivity contribution in [2.24, 2.45) is 67.2 Å². The minimum absolute atomic E-state index is 0.0803. The molecule has 1 aromatic carbocycles. The first-order chi connectivity index (χ1) is 25.1. The molecule has 0 radical (unpaired) electrons. The molecule has 0 bridgehead atoms. The van der Waals surface area contributed by atoms with Crippen molar-refractivity contribution in [2.45, 2.75) is 111 Å². The number of benzene rings is 1. The van der Waals surface area contributed by atoms with Crippen LogP contribution in [0.4, 0.5) is 0 Å². The number of allylic oxidation sites excluding steroid dienone is 2. The molecule has 7 rings (SSSR count). The summed E-state index contributed by atoms with van der Waals surface area (Å²) in [7, 11) is 0. The van der Waals surface area contributed by atoms with Gasteiger partial charge in [0.05, 0.1) is 23.9 Å². The molecule has 0 unspecified atom stereocenters. The highest BCUT2D eigenvalue weighted by Crippen LogP contribution is 2.78. The van der Waals surface area contributed by atoms with Crippen molar-refractivity contribution < 1.29 is 34.8 Å². The number of rotatable bonds is 4. The number of fused-ring (bicyclic) bond motifs is 6. The third-order valence-electron chi connectivity index (χ3n) is 16.2. The van der Waals surface area contributed by atoms with Crippen LogP contribution in [0.1, 0.15) is 92.6 Å². The molecule has 0 aromatic heterocycles. The molecule has 3 fully saturated rings. The molecular formula is C44H57N3O7. The lowest BCUT2D eigenvalue weighted by molar-refractivity contribution is -0.153. The fourth-order valence-corrected chi connectivity index (χ4v) is 13.4. The number of carboxylic acids is 1. The smallest absolute Gasteiger partial charge is 0.331 e. The number of hydrogen-bond donors (Lipinski definition) is 6. The van der Waals surface area contributed by atoms with Crippen molar-refractivity contribution in [1.82, 2.24) is 0 Å². The molecular weight excluding hydrogens is 682 g/mol. The lowest BCUT2D eigenvalue weighted by atomic mass is 9.38. The van der Waals surface area contributed by atoms with Crippen LogP contribution in [-0.4, -0.2) is 67.8 Å². The zero-order chi connectivity index (χ0) is 39.6. The number of Topliss-reactive ketones (excluding diaryl/α,β-unsaturated/α-hetero) is 2. The molecule has 0 heterocycles. The normalized spacial score (nSPS) is 44.7. The van der Waals surface area contributed by atoms with E-state index in [1.807, 2.05) is 83.2 Å². The molecule has 54 heavy (non-hydrogen) atoms. The summed E-state index contributed by atoms with van der Waals surface area (Å²) in [6.45, 7) is 13.5. The average molecular weight is 740 g/mol. The molecule has 10 nitrogen and oxygen atoms in total. The topological polar surface area (TPSA) is 197 Å². The predicted molar refractivity (Wildman–Crippen MR) is 206 cm³/mol. The van der Waals surface area contributed by atoms with Crippen LogP contribution >= 0.6 is 0 Å². The maximum absolute atomic E-state index is 15.2. The van der Waals surface area contributed by atoms with Gasteiger partial charge in [0.15, 0.2) is 11.7 Å². The highest BCUT2D eigenvalue weighted by molar-refractivity contribution is 6.01. The molecule has 0 aliphatic heterocycles. The summed E-state index contributed by atoms with van der Waals surface area (Å²) in [6, 6.07) is 9.80. The largest absolute Gasteiger partial charge is 0.478 e. The van der Waals surface area contributed by atoms with Crippen LogP contribution in [0.3, 0.4) is 0 Å². The molecule has 290 valence electrons. The van der Waals surface area contributed by atoms with Gasteiger partial charge in [0.25, 0.3) is 0 Å². The standard InChI is InChI=1S/C44H57N3O7/c1-23(37(53)54)26-15-18-44(47-38(45)46)20-19-43(24(2)31(44)34(26)51)22-30(50)42(7)33-32(28(48)21-41(42,43)6)40(5)17-16-29(49)39(3,4)36(40)27(35(33)52)14-13-25-11-9-8-10-12-25/h8-14,19-20,24,27,30-31,34-36,50-52H,15-18,21-22H2,1-7H3,(H,53,54)(H4,45,46,47)/t24-,27-,30-,31-,34+,35+,36-,40+,41-,42+,43-,44-/m0/s1. The number of aliphatic imine (C=N–C) groups is 1. The SMILES string of the molecule is CC(C(=O)O)=C1CC[C@]2(N=C(N)N)C=C[C@]3(C[C@H](O)[C@]4(C)C5=C(C(=O)C[C@]34C)[C@@]3(C)CCC(=O)C(C)(C)[C@@H]3[C@@H](C=Cc3ccccc3)[C@H]5O)[C@@H](C)[C@H]2[C@@H]1O. The summed E-state index contributed by atoms with van der Waals surface area (Å²) in [4.78, 5) is 45.7. The van der Waals surface area contributed by atoms with E-state index >= 15 is 4.79 Å². The number of carbonyl (C=O) groups is 3. The Bertz CT molecular complexity index is 1960. The zero-order valence-electron chi connectivity index (χ0n) is 32.6. The molecule has 0 saturated heterocycles. The first kappa shape index (κ1) is 38.4. The van der Waals surface area contributed by atoms with Crippen molar-refractivity contribution in [3.05, 3.63) is 76.4 Å². The maximum atomic E-state index is 15.2. The zero-order valence-corrected chi connectivity index (χ0v) is 32.6. The highest BCUT2D eigenvalue weighted by Gasteiger charge is 2.77. The van der Waals surface area contributed by atoms with E-state index in [-0.39, 0.29) is 48.3 Å². The van der Waals surface area contributed by atoms with Crippen LogP contribution in [0, 0.1) is 50.7 Å². The van der Waals surface area contributed by atoms with Gasteiger partial charge in [-0.05, 0) is 66.6 Å². The minimum Gasteiger partial charge on any atom is -0.478 e. The third-order valence-corrected chi connectivity index (χ3v) is 16.2. The molecule has 6 aliphatic carbocycles. The predicted octanol–water partition coefficient (Wildman–Crippen LogP) is 5.13. The van der Waals surface area contributed by atoms with E-state index in [9.17, 15) is 30.0 Å². The van der Waals surface area contributed by atoms with Gasteiger partial charge < -0.3 is 31.9 Å². The Balaban J connectivity index is 1.44. The van der Waals surface area contributed by atoms with E-state index in [1.165, 1.54) is 6.92 Å². The van der Waals surface area contributed by atoms with Crippen molar-refractivity contribution in [3.8, 4) is 0 Å². The highest BCUT2D eigenvalue weighted by atomic mass is 16.4. The Labute approximate surface area is 318 Å². The fourth-order valence-electron chi connectivity index (χ4n) is 13.4. The maximum Gasteiger partial charge on any atom is 0.331 e. The Kier molecular flexibility index (Phi) is 8.77. The van der Waals surface area contributed by atoms with E-state index in [4.69, 9.17) is 16.5 Å². The lowest BCUT2D eigenvalue weighted by Crippen LogP contribution is -2.65. The van der Waals surface area contributed by atoms with Crippen LogP contribution in [-0.2, 0) is 14.4 Å². The van der Waals surface area contributed by atoms with Gasteiger partial charge in [0.1, 0.15) is 5.78 Å². The molecule has 12 atom stereocenters. The monoisotopic (exact) mass is 739 g/mol. The van der Waals surface area contributed by atoms with E-state index < -0.39 is 74.6 Å². The number of aliphatic carboxylic acids is 1. The number of carboxylic acid groups (broad SMARTS) is 1. The molecule has 1 spiro atoms. The molecule has 8 N–H and O–H groups in total. The number of ketones is 2. The number of hydrogen-bond acceptors (Lipinski definition) is 7. The van der Waals surface area contributed by atoms with Crippen molar-refractivity contribution in [1.29, 1.82) is 0 Å². The number of nitrogens with two attached hydrogens (primary N) is 2. The second kappa shape index (κ2) is 12.3. The quantitative estimate of drug-likeness (QED) is 0.105. The van der Waals surface area contributed by atoms with E-state index in [0.29, 0.717) is 36.0 Å². The van der Waals surface area contributed by atoms with Gasteiger partial charge in [-0.1, -0.05) is 96.2 Å². The van der Waals surface area contributed by atoms with E-state index in [0.717, 1.165) is 5.56 Å². The van der Waals surface area contributed by atoms with E-state index in [1.54, 1.807) is 0 Å². The summed E-state index contributed by atoms with van der Waals surface area (Å²) in [5.41, 5.74) is 9.03. The lowest BCUT2D eigenvalue weighted by Gasteiger charge is -2.65. The molecule has 3 saturated carbocycles. The van der Waals surface area contributed by atoms with Crippen LogP contribution in [0.5, 0.6) is 0 Å². The first-order valence-corrected chi connectivity index (χ1v) is 19.5. The number of guanidine groups is 1. The Hall–Kier alpha value is -3.86. The van der Waals surface area contributed by atoms with Crippen LogP contribution < -0.4 is 11.5 Å². The van der Waals surface area contributed by atoms with Crippen molar-refractivity contribution in [2.75, 3.05) is 0 Å². The number of aliphatic hydroxyl groups is 3. The molecule has 0 amide bonds. The average Bonchev–Trinajstić information content (AvgIpc) is 3.27. The summed E-state index contributed by atoms with van der Waals surface area (Å²) >= 11 is 0. The minimum atomic E-state index is -1.20. The summed E-state index contributed by atoms with van der Waals surface area (Å²) in [6.07, 6.45) is 6.37.